The summed E-state index contributed by atoms with van der Waals surface area (Å²) in [6.45, 7) is -1.82. The number of ether oxygens (including phenoxy) is 1. The molecule has 3 aromatic rings. The molecule has 0 aliphatic carbocycles. The molecule has 2 aromatic carbocycles. The molecule has 0 fully saturated rings. The van der Waals surface area contributed by atoms with E-state index < -0.39 is 54.1 Å². The summed E-state index contributed by atoms with van der Waals surface area (Å²) in [6.07, 6.45) is -4.82. The van der Waals surface area contributed by atoms with Crippen molar-refractivity contribution in [3.63, 3.8) is 0 Å². The number of hydrogen-bond acceptors (Lipinski definition) is 4. The van der Waals surface area contributed by atoms with Crippen LogP contribution in [-0.4, -0.2) is 27.9 Å². The van der Waals surface area contributed by atoms with Crippen molar-refractivity contribution in [3.05, 3.63) is 65.5 Å². The van der Waals surface area contributed by atoms with Gasteiger partial charge in [0, 0.05) is 0 Å². The van der Waals surface area contributed by atoms with Gasteiger partial charge in [0.05, 0.1) is 16.6 Å². The maximum atomic E-state index is 13.5. The van der Waals surface area contributed by atoms with Crippen molar-refractivity contribution < 1.29 is 36.3 Å². The Morgan fingerprint density at radius 1 is 1.07 bits per heavy atom. The van der Waals surface area contributed by atoms with Gasteiger partial charge in [0.1, 0.15) is 18.2 Å². The molecule has 0 amide bonds. The van der Waals surface area contributed by atoms with E-state index in [2.05, 4.69) is 9.72 Å². The Morgan fingerprint density at radius 3 is 2.50 bits per heavy atom. The van der Waals surface area contributed by atoms with E-state index in [0.717, 1.165) is 12.1 Å². The van der Waals surface area contributed by atoms with Crippen molar-refractivity contribution in [2.45, 2.75) is 12.7 Å². The monoisotopic (exact) mass is 398 g/mol. The molecule has 0 bridgehead atoms. The molecule has 146 valence electrons. The lowest BCUT2D eigenvalue weighted by Gasteiger charge is -2.11. The number of alkyl halides is 3. The molecule has 0 aliphatic heterocycles. The highest BCUT2D eigenvalue weighted by Crippen LogP contribution is 2.31. The van der Waals surface area contributed by atoms with Crippen LogP contribution in [0.3, 0.4) is 0 Å². The van der Waals surface area contributed by atoms with Gasteiger partial charge in [-0.15, -0.1) is 0 Å². The lowest BCUT2D eigenvalue weighted by atomic mass is 10.1. The molecule has 0 unspecified atom stereocenters. The van der Waals surface area contributed by atoms with Gasteiger partial charge in [-0.25, -0.2) is 13.8 Å². The molecule has 0 aliphatic rings. The maximum Gasteiger partial charge on any atom is 0.449 e. The highest BCUT2D eigenvalue weighted by molar-refractivity contribution is 5.98. The third kappa shape index (κ3) is 4.00. The third-order valence-electron chi connectivity index (χ3n) is 3.79. The topological polar surface area (TPSA) is 61.2 Å². The molecule has 0 N–H and O–H groups in total. The number of hydrogen-bond donors (Lipinski definition) is 0. The predicted octanol–water partition coefficient (Wildman–Crippen LogP) is 3.76. The summed E-state index contributed by atoms with van der Waals surface area (Å²) in [5, 5.41) is 0. The number of carbonyl (C=O) groups excluding carboxylic acids is 2. The van der Waals surface area contributed by atoms with Crippen LogP contribution in [-0.2, 0) is 22.3 Å². The molecule has 5 nitrogen and oxygen atoms in total. The molecule has 1 aromatic heterocycles. The summed E-state index contributed by atoms with van der Waals surface area (Å²) in [6, 6.07) is 7.84. The minimum atomic E-state index is -4.82. The average molecular weight is 398 g/mol. The normalized spacial score (nSPS) is 11.6. The largest absolute Gasteiger partial charge is 0.456 e. The fraction of sp³-hybridized carbons (Fsp3) is 0.167. The number of fused-ring (bicyclic) bond motifs is 1. The molecule has 0 saturated heterocycles. The smallest absolute Gasteiger partial charge is 0.449 e. The van der Waals surface area contributed by atoms with E-state index >= 15 is 0 Å². The van der Waals surface area contributed by atoms with Gasteiger partial charge in [0.25, 0.3) is 0 Å². The Morgan fingerprint density at radius 2 is 1.79 bits per heavy atom. The van der Waals surface area contributed by atoms with Crippen LogP contribution >= 0.6 is 0 Å². The Balaban J connectivity index is 1.77. The zero-order valence-corrected chi connectivity index (χ0v) is 14.0. The van der Waals surface area contributed by atoms with Gasteiger partial charge in [-0.2, -0.15) is 13.2 Å². The van der Waals surface area contributed by atoms with E-state index in [-0.39, 0.29) is 11.0 Å². The molecule has 28 heavy (non-hydrogen) atoms. The molecular weight excluding hydrogens is 387 g/mol. The zero-order valence-electron chi connectivity index (χ0n) is 14.0. The van der Waals surface area contributed by atoms with E-state index in [1.807, 2.05) is 0 Å². The van der Waals surface area contributed by atoms with Crippen LogP contribution in [0.5, 0.6) is 0 Å². The van der Waals surface area contributed by atoms with Gasteiger partial charge in [0.2, 0.25) is 11.6 Å². The number of Topliss-reactive ketones (excluding diaryl/α,β-unsaturated/α-hetero) is 1. The lowest BCUT2D eigenvalue weighted by Crippen LogP contribution is -2.22. The van der Waals surface area contributed by atoms with Crippen LogP contribution in [0.15, 0.2) is 42.5 Å². The second-order valence-corrected chi connectivity index (χ2v) is 5.72. The summed E-state index contributed by atoms with van der Waals surface area (Å²) < 4.78 is 71.5. The van der Waals surface area contributed by atoms with Gasteiger partial charge in [-0.3, -0.25) is 9.59 Å². The van der Waals surface area contributed by atoms with Crippen molar-refractivity contribution in [1.29, 1.82) is 0 Å². The average Bonchev–Trinajstić information content (AvgIpc) is 3.01. The van der Waals surface area contributed by atoms with Crippen LogP contribution in [0.25, 0.3) is 11.0 Å². The van der Waals surface area contributed by atoms with Crippen molar-refractivity contribution in [1.82, 2.24) is 9.55 Å². The van der Waals surface area contributed by atoms with Gasteiger partial charge in [-0.1, -0.05) is 12.1 Å². The fourth-order valence-electron chi connectivity index (χ4n) is 2.56. The number of imidazole rings is 1. The lowest BCUT2D eigenvalue weighted by molar-refractivity contribution is -0.150. The first-order valence-electron chi connectivity index (χ1n) is 7.83. The van der Waals surface area contributed by atoms with Crippen molar-refractivity contribution in [3.8, 4) is 0 Å². The number of esters is 1. The quantitative estimate of drug-likeness (QED) is 0.373. The third-order valence-corrected chi connectivity index (χ3v) is 3.79. The van der Waals surface area contributed by atoms with Crippen LogP contribution < -0.4 is 0 Å². The molecule has 0 atom stereocenters. The predicted molar refractivity (Wildman–Crippen MR) is 86.4 cm³/mol. The van der Waals surface area contributed by atoms with Crippen LogP contribution in [0.2, 0.25) is 0 Å². The summed E-state index contributed by atoms with van der Waals surface area (Å²) >= 11 is 0. The minimum absolute atomic E-state index is 0.0283. The summed E-state index contributed by atoms with van der Waals surface area (Å²) in [5.74, 6) is -5.37. The van der Waals surface area contributed by atoms with Crippen molar-refractivity contribution in [2.75, 3.05) is 6.61 Å². The molecule has 0 spiro atoms. The molecule has 1 heterocycles. The summed E-state index contributed by atoms with van der Waals surface area (Å²) in [5.41, 5.74) is -0.549. The Kier molecular flexibility index (Phi) is 5.12. The van der Waals surface area contributed by atoms with Crippen LogP contribution in [0.1, 0.15) is 16.2 Å². The Hall–Kier alpha value is -3.30. The van der Waals surface area contributed by atoms with Gasteiger partial charge >= 0.3 is 12.1 Å². The Labute approximate surface area is 154 Å². The number of rotatable bonds is 5. The number of aromatic nitrogens is 2. The van der Waals surface area contributed by atoms with E-state index in [1.54, 1.807) is 0 Å². The first-order chi connectivity index (χ1) is 13.2. The molecule has 10 heteroatoms. The molecule has 0 saturated carbocycles. The van der Waals surface area contributed by atoms with Gasteiger partial charge in [-0.05, 0) is 30.3 Å². The Bertz CT molecular complexity index is 1060. The number of halogens is 5. The fourth-order valence-corrected chi connectivity index (χ4v) is 2.56. The van der Waals surface area contributed by atoms with Crippen LogP contribution in [0, 0.1) is 11.6 Å². The number of benzene rings is 2. The van der Waals surface area contributed by atoms with Gasteiger partial charge < -0.3 is 9.30 Å². The van der Waals surface area contributed by atoms with E-state index in [0.29, 0.717) is 10.6 Å². The number of carbonyl (C=O) groups is 2. The van der Waals surface area contributed by atoms with E-state index in [9.17, 15) is 31.5 Å². The summed E-state index contributed by atoms with van der Waals surface area (Å²) in [7, 11) is 0. The standard InChI is InChI=1S/C18H11F5N2O3/c19-10-5-6-12(20)11(7-10)15(26)9-28-16(27)8-25-14-4-2-1-3-13(14)24-17(25)18(21,22)23/h1-7H,8-9H2. The molecular formula is C18H11F5N2O3. The first kappa shape index (κ1) is 19.5. The number of nitrogens with zero attached hydrogens (tertiary/aromatic N) is 2. The highest BCUT2D eigenvalue weighted by Gasteiger charge is 2.38. The summed E-state index contributed by atoms with van der Waals surface area (Å²) in [4.78, 5) is 27.3. The zero-order chi connectivity index (χ0) is 20.5. The van der Waals surface area contributed by atoms with E-state index in [4.69, 9.17) is 0 Å². The highest BCUT2D eigenvalue weighted by atomic mass is 19.4. The maximum absolute atomic E-state index is 13.5. The number of ketones is 1. The van der Waals surface area contributed by atoms with Gasteiger partial charge in [0.15, 0.2) is 6.61 Å². The minimum Gasteiger partial charge on any atom is -0.456 e. The first-order valence-corrected chi connectivity index (χ1v) is 7.83. The van der Waals surface area contributed by atoms with Crippen molar-refractivity contribution >= 4 is 22.8 Å². The van der Waals surface area contributed by atoms with Crippen LogP contribution in [0.4, 0.5) is 22.0 Å². The second kappa shape index (κ2) is 7.37. The van der Waals surface area contributed by atoms with Crippen molar-refractivity contribution in [2.24, 2.45) is 0 Å². The van der Waals surface area contributed by atoms with E-state index in [1.165, 1.54) is 24.3 Å². The SMILES string of the molecule is O=C(Cn1c(C(F)(F)F)nc2ccccc21)OCC(=O)c1cc(F)ccc1F. The second-order valence-electron chi connectivity index (χ2n) is 5.72. The molecule has 0 radical (unpaired) electrons. The number of para-hydroxylation sites is 2. The molecule has 3 rings (SSSR count).